The lowest BCUT2D eigenvalue weighted by Crippen LogP contribution is -2.53. The molecule has 13 heteroatoms. The molecule has 1 unspecified atom stereocenters. The minimum absolute atomic E-state index is 0.00351. The second-order valence-corrected chi connectivity index (χ2v) is 11.1. The number of urea groups is 1. The summed E-state index contributed by atoms with van der Waals surface area (Å²) in [5.74, 6) is -0.511. The Kier molecular flexibility index (Phi) is 7.26. The van der Waals surface area contributed by atoms with E-state index in [0.29, 0.717) is 11.0 Å². The molecule has 0 bridgehead atoms. The molecule has 1 heterocycles. The highest BCUT2D eigenvalue weighted by Gasteiger charge is 2.47. The Bertz CT molecular complexity index is 1360. The molecule has 2 aromatic rings. The van der Waals surface area contributed by atoms with Crippen LogP contribution >= 0.6 is 10.6 Å². The molecule has 0 saturated carbocycles. The molecule has 4 rings (SSSR count). The zero-order chi connectivity index (χ0) is 28.0. The Morgan fingerprint density at radius 1 is 1.13 bits per heavy atom. The van der Waals surface area contributed by atoms with Crippen molar-refractivity contribution in [3.63, 3.8) is 0 Å². The minimum atomic E-state index is -4.74. The Morgan fingerprint density at radius 3 is 2.45 bits per heavy atom. The number of hydrogen-bond acceptors (Lipinski definition) is 5. The van der Waals surface area contributed by atoms with Gasteiger partial charge in [-0.25, -0.2) is 13.6 Å². The zero-order valence-corrected chi connectivity index (χ0v) is 20.7. The maximum atomic E-state index is 13.8. The van der Waals surface area contributed by atoms with E-state index in [2.05, 4.69) is 0 Å². The molecule has 7 nitrogen and oxygen atoms in total. The maximum Gasteiger partial charge on any atom is 0.416 e. The molecule has 0 aromatic heterocycles. The van der Waals surface area contributed by atoms with Gasteiger partial charge in [-0.05, 0) is 43.2 Å². The number of amides is 2. The molecule has 1 atom stereocenters. The first-order chi connectivity index (χ1) is 17.7. The number of nitriles is 1. The lowest BCUT2D eigenvalue weighted by molar-refractivity contribution is -0.137. The predicted molar refractivity (Wildman–Crippen MR) is 129 cm³/mol. The van der Waals surface area contributed by atoms with Crippen LogP contribution in [0, 0.1) is 11.3 Å². The Labute approximate surface area is 216 Å². The number of Topliss-reactive ketones (excluding diaryl/α,β-unsaturated/α-hetero) is 1. The van der Waals surface area contributed by atoms with Gasteiger partial charge in [-0.15, -0.1) is 0 Å². The number of allylic oxidation sites excluding steroid dienone is 1. The number of halogens is 5. The van der Waals surface area contributed by atoms with Crippen molar-refractivity contribution in [2.45, 2.75) is 42.8 Å². The summed E-state index contributed by atoms with van der Waals surface area (Å²) in [5.41, 5.74) is -1.35. The van der Waals surface area contributed by atoms with E-state index in [1.807, 2.05) is 6.07 Å². The Morgan fingerprint density at radius 2 is 1.84 bits per heavy atom. The standard InChI is InChI=1S/C25H22F5N3O4S/c1-38(36,37)20-10-14(12-31)8-9-17(20)23-22-18(6-3-7-19(22)34)33(24(35)32(23)13-21(26)27)16-5-2-4-15(11-16)25(28,29)30/h2,4-5,8-11,21,23,36-37H,3,6-7,13H2,1H3. The van der Waals surface area contributed by atoms with Crippen molar-refractivity contribution in [2.24, 2.45) is 0 Å². The van der Waals surface area contributed by atoms with Crippen LogP contribution in [0.25, 0.3) is 0 Å². The second kappa shape index (κ2) is 10.0. The van der Waals surface area contributed by atoms with E-state index < -0.39 is 53.2 Å². The number of rotatable bonds is 5. The van der Waals surface area contributed by atoms with Gasteiger partial charge in [0, 0.05) is 29.5 Å². The molecule has 1 aliphatic heterocycles. The van der Waals surface area contributed by atoms with Crippen LogP contribution in [-0.2, 0) is 11.0 Å². The first kappa shape index (κ1) is 27.6. The first-order valence-electron chi connectivity index (χ1n) is 11.3. The van der Waals surface area contributed by atoms with Gasteiger partial charge < -0.3 is 4.90 Å². The first-order valence-corrected chi connectivity index (χ1v) is 13.3. The van der Waals surface area contributed by atoms with E-state index in [1.54, 1.807) is 0 Å². The third kappa shape index (κ3) is 5.11. The number of carbonyl (C=O) groups is 2. The summed E-state index contributed by atoms with van der Waals surface area (Å²) in [7, 11) is -3.58. The van der Waals surface area contributed by atoms with Crippen molar-refractivity contribution in [3.05, 3.63) is 70.4 Å². The van der Waals surface area contributed by atoms with E-state index in [9.17, 15) is 45.9 Å². The number of anilines is 1. The fraction of sp³-hybridized carbons (Fsp3) is 0.320. The van der Waals surface area contributed by atoms with E-state index in [1.165, 1.54) is 18.2 Å². The van der Waals surface area contributed by atoms with E-state index in [-0.39, 0.29) is 52.2 Å². The highest BCUT2D eigenvalue weighted by atomic mass is 32.3. The monoisotopic (exact) mass is 555 g/mol. The van der Waals surface area contributed by atoms with Gasteiger partial charge in [0.1, 0.15) is 0 Å². The summed E-state index contributed by atoms with van der Waals surface area (Å²) in [4.78, 5) is 28.4. The van der Waals surface area contributed by atoms with E-state index in [4.69, 9.17) is 0 Å². The van der Waals surface area contributed by atoms with Crippen LogP contribution in [0.3, 0.4) is 0 Å². The predicted octanol–water partition coefficient (Wildman–Crippen LogP) is 6.57. The number of ketones is 1. The van der Waals surface area contributed by atoms with Crippen LogP contribution in [0.4, 0.5) is 32.4 Å². The smallest absolute Gasteiger partial charge is 0.307 e. The van der Waals surface area contributed by atoms with Crippen molar-refractivity contribution in [1.29, 1.82) is 5.26 Å². The van der Waals surface area contributed by atoms with Crippen LogP contribution < -0.4 is 4.90 Å². The van der Waals surface area contributed by atoms with Crippen LogP contribution in [0.5, 0.6) is 0 Å². The quantitative estimate of drug-likeness (QED) is 0.406. The average Bonchev–Trinajstić information content (AvgIpc) is 2.83. The van der Waals surface area contributed by atoms with E-state index >= 15 is 0 Å². The number of hydrogen-bond donors (Lipinski definition) is 2. The zero-order valence-electron chi connectivity index (χ0n) is 19.9. The van der Waals surface area contributed by atoms with Crippen molar-refractivity contribution in [1.82, 2.24) is 4.90 Å². The van der Waals surface area contributed by atoms with Gasteiger partial charge >= 0.3 is 12.2 Å². The minimum Gasteiger partial charge on any atom is -0.307 e. The van der Waals surface area contributed by atoms with Gasteiger partial charge in [-0.3, -0.25) is 18.8 Å². The van der Waals surface area contributed by atoms with E-state index in [0.717, 1.165) is 29.4 Å². The van der Waals surface area contributed by atoms with Gasteiger partial charge in [-0.2, -0.15) is 29.0 Å². The van der Waals surface area contributed by atoms with Crippen molar-refractivity contribution in [3.8, 4) is 6.07 Å². The average molecular weight is 556 g/mol. The molecule has 0 spiro atoms. The van der Waals surface area contributed by atoms with Crippen molar-refractivity contribution in [2.75, 3.05) is 17.7 Å². The van der Waals surface area contributed by atoms with Crippen molar-refractivity contribution < 1.29 is 40.6 Å². The van der Waals surface area contributed by atoms with Crippen LogP contribution in [0.15, 0.2) is 58.6 Å². The topological polar surface area (TPSA) is 105 Å². The molecule has 2 N–H and O–H groups in total. The molecular weight excluding hydrogens is 533 g/mol. The molecule has 0 radical (unpaired) electrons. The fourth-order valence-electron chi connectivity index (χ4n) is 4.81. The normalized spacial score (nSPS) is 19.1. The third-order valence-corrected chi connectivity index (χ3v) is 7.53. The molecule has 0 saturated heterocycles. The summed E-state index contributed by atoms with van der Waals surface area (Å²) in [5, 5.41) is 9.29. The maximum absolute atomic E-state index is 13.8. The molecule has 38 heavy (non-hydrogen) atoms. The largest absolute Gasteiger partial charge is 0.416 e. The van der Waals surface area contributed by atoms with Gasteiger partial charge in [0.05, 0.1) is 40.4 Å². The molecule has 1 aliphatic carbocycles. The molecule has 2 aromatic carbocycles. The number of alkyl halides is 5. The molecule has 0 fully saturated rings. The highest BCUT2D eigenvalue weighted by molar-refractivity contribution is 8.23. The molecule has 2 aliphatic rings. The van der Waals surface area contributed by atoms with Gasteiger partial charge in [0.15, 0.2) is 5.78 Å². The molecule has 202 valence electrons. The summed E-state index contributed by atoms with van der Waals surface area (Å²) in [6, 6.07) is 6.79. The summed E-state index contributed by atoms with van der Waals surface area (Å²) in [6.45, 7) is -1.19. The van der Waals surface area contributed by atoms with Crippen LogP contribution in [0.2, 0.25) is 0 Å². The summed E-state index contributed by atoms with van der Waals surface area (Å²) >= 11 is 0. The molecule has 2 amide bonds. The SMILES string of the molecule is CS(O)(O)c1cc(C#N)ccc1C1C2=C(CCCC2=O)N(c2cccc(C(F)(F)F)c2)C(=O)N1CC(F)F. The Balaban J connectivity index is 2.02. The summed E-state index contributed by atoms with van der Waals surface area (Å²) < 4.78 is 88.9. The van der Waals surface area contributed by atoms with Crippen molar-refractivity contribution >= 4 is 28.1 Å². The number of carbonyl (C=O) groups excluding carboxylic acids is 2. The Hall–Kier alpha value is -3.47. The number of nitrogens with zero attached hydrogens (tertiary/aromatic N) is 3. The second-order valence-electron chi connectivity index (χ2n) is 8.95. The van der Waals surface area contributed by atoms with Gasteiger partial charge in [0.2, 0.25) is 0 Å². The van der Waals surface area contributed by atoms with Crippen LogP contribution in [-0.4, -0.2) is 45.0 Å². The van der Waals surface area contributed by atoms with Gasteiger partial charge in [-0.1, -0.05) is 12.1 Å². The fourth-order valence-corrected chi connectivity index (χ4v) is 5.78. The lowest BCUT2D eigenvalue weighted by atomic mass is 9.83. The van der Waals surface area contributed by atoms with Gasteiger partial charge in [0.25, 0.3) is 6.43 Å². The number of benzene rings is 2. The molecular formula is C25H22F5N3O4S. The highest BCUT2D eigenvalue weighted by Crippen LogP contribution is 2.52. The lowest BCUT2D eigenvalue weighted by Gasteiger charge is -2.46. The van der Waals surface area contributed by atoms with Crippen LogP contribution in [0.1, 0.15) is 42.0 Å². The third-order valence-electron chi connectivity index (χ3n) is 6.34. The summed E-state index contributed by atoms with van der Waals surface area (Å²) in [6.07, 6.45) is -6.42.